The van der Waals surface area contributed by atoms with Crippen LogP contribution in [0.1, 0.15) is 12.5 Å². The lowest BCUT2D eigenvalue weighted by atomic mass is 10.1. The van der Waals surface area contributed by atoms with Gasteiger partial charge in [-0.2, -0.15) is 0 Å². The quantitative estimate of drug-likeness (QED) is 0.864. The standard InChI is InChI=1S/C13H14N2S/c1-10(2)16-9-11-5-3-4-6-12(11)13-14-7-8-15-13/h3-8H,1,9H2,2H3,(H,14,15). The number of nitrogens with one attached hydrogen (secondary N) is 1. The number of aromatic amines is 1. The van der Waals surface area contributed by atoms with Gasteiger partial charge >= 0.3 is 0 Å². The summed E-state index contributed by atoms with van der Waals surface area (Å²) in [6, 6.07) is 8.31. The second-order valence-corrected chi connectivity index (χ2v) is 4.86. The maximum atomic E-state index is 4.29. The van der Waals surface area contributed by atoms with Crippen molar-refractivity contribution in [3.63, 3.8) is 0 Å². The van der Waals surface area contributed by atoms with Gasteiger partial charge in [-0.05, 0) is 17.4 Å². The number of imidazole rings is 1. The number of hydrogen-bond acceptors (Lipinski definition) is 2. The van der Waals surface area contributed by atoms with Gasteiger partial charge in [0.2, 0.25) is 0 Å². The lowest BCUT2D eigenvalue weighted by Crippen LogP contribution is -1.88. The van der Waals surface area contributed by atoms with E-state index in [4.69, 9.17) is 0 Å². The van der Waals surface area contributed by atoms with Gasteiger partial charge in [-0.1, -0.05) is 30.8 Å². The van der Waals surface area contributed by atoms with E-state index in [0.29, 0.717) is 0 Å². The molecule has 0 spiro atoms. The number of allylic oxidation sites excluding steroid dienone is 1. The minimum absolute atomic E-state index is 0.929. The maximum Gasteiger partial charge on any atom is 0.137 e. The van der Waals surface area contributed by atoms with E-state index >= 15 is 0 Å². The Hall–Kier alpha value is -1.48. The summed E-state index contributed by atoms with van der Waals surface area (Å²) in [5.41, 5.74) is 2.45. The van der Waals surface area contributed by atoms with Crippen LogP contribution >= 0.6 is 11.8 Å². The topological polar surface area (TPSA) is 28.7 Å². The second-order valence-electron chi connectivity index (χ2n) is 3.59. The van der Waals surface area contributed by atoms with E-state index in [2.05, 4.69) is 34.7 Å². The van der Waals surface area contributed by atoms with Crippen molar-refractivity contribution in [2.24, 2.45) is 0 Å². The highest BCUT2D eigenvalue weighted by molar-refractivity contribution is 8.02. The van der Waals surface area contributed by atoms with Crippen LogP contribution in [0.15, 0.2) is 48.1 Å². The van der Waals surface area contributed by atoms with Crippen LogP contribution in [0.3, 0.4) is 0 Å². The number of hydrogen-bond donors (Lipinski definition) is 1. The van der Waals surface area contributed by atoms with Crippen molar-refractivity contribution < 1.29 is 0 Å². The molecule has 1 heterocycles. The van der Waals surface area contributed by atoms with Gasteiger partial charge in [0.15, 0.2) is 0 Å². The third-order valence-electron chi connectivity index (χ3n) is 2.24. The number of rotatable bonds is 4. The Morgan fingerprint density at radius 1 is 1.44 bits per heavy atom. The molecule has 0 bridgehead atoms. The fourth-order valence-corrected chi connectivity index (χ4v) is 2.14. The molecule has 0 amide bonds. The molecule has 0 aliphatic carbocycles. The highest BCUT2D eigenvalue weighted by Gasteiger charge is 2.06. The molecule has 0 aliphatic rings. The van der Waals surface area contributed by atoms with Gasteiger partial charge < -0.3 is 4.98 Å². The Morgan fingerprint density at radius 3 is 2.94 bits per heavy atom. The van der Waals surface area contributed by atoms with Crippen LogP contribution in [0.5, 0.6) is 0 Å². The molecule has 2 rings (SSSR count). The van der Waals surface area contributed by atoms with Crippen LogP contribution in [0.4, 0.5) is 0 Å². The van der Waals surface area contributed by atoms with Gasteiger partial charge in [-0.25, -0.2) is 4.98 Å². The molecule has 2 nitrogen and oxygen atoms in total. The summed E-state index contributed by atoms with van der Waals surface area (Å²) in [6.45, 7) is 5.93. The molecule has 0 atom stereocenters. The summed E-state index contributed by atoms with van der Waals surface area (Å²) in [5.74, 6) is 1.87. The summed E-state index contributed by atoms with van der Waals surface area (Å²) < 4.78 is 0. The summed E-state index contributed by atoms with van der Waals surface area (Å²) in [7, 11) is 0. The summed E-state index contributed by atoms with van der Waals surface area (Å²) >= 11 is 1.76. The number of benzene rings is 1. The molecule has 82 valence electrons. The van der Waals surface area contributed by atoms with Crippen molar-refractivity contribution in [3.05, 3.63) is 53.7 Å². The van der Waals surface area contributed by atoms with Crippen molar-refractivity contribution in [2.45, 2.75) is 12.7 Å². The van der Waals surface area contributed by atoms with Crippen LogP contribution in [-0.4, -0.2) is 9.97 Å². The van der Waals surface area contributed by atoms with Crippen LogP contribution in [0, 0.1) is 0 Å². The lowest BCUT2D eigenvalue weighted by molar-refractivity contribution is 1.28. The number of nitrogens with zero attached hydrogens (tertiary/aromatic N) is 1. The average molecular weight is 230 g/mol. The van der Waals surface area contributed by atoms with Crippen molar-refractivity contribution in [1.29, 1.82) is 0 Å². The van der Waals surface area contributed by atoms with Gasteiger partial charge in [0.05, 0.1) is 0 Å². The van der Waals surface area contributed by atoms with E-state index in [1.807, 2.05) is 19.2 Å². The van der Waals surface area contributed by atoms with Crippen molar-refractivity contribution in [3.8, 4) is 11.4 Å². The normalized spacial score (nSPS) is 10.3. The first-order chi connectivity index (χ1) is 7.77. The van der Waals surface area contributed by atoms with Crippen LogP contribution in [-0.2, 0) is 5.75 Å². The largest absolute Gasteiger partial charge is 0.345 e. The molecule has 0 radical (unpaired) electrons. The van der Waals surface area contributed by atoms with Crippen LogP contribution in [0.25, 0.3) is 11.4 Å². The van der Waals surface area contributed by atoms with Crippen molar-refractivity contribution in [1.82, 2.24) is 9.97 Å². The first-order valence-corrected chi connectivity index (χ1v) is 6.12. The minimum atomic E-state index is 0.929. The van der Waals surface area contributed by atoms with E-state index in [1.54, 1.807) is 18.0 Å². The van der Waals surface area contributed by atoms with E-state index in [9.17, 15) is 0 Å². The zero-order chi connectivity index (χ0) is 11.4. The van der Waals surface area contributed by atoms with E-state index in [0.717, 1.165) is 16.5 Å². The molecular weight excluding hydrogens is 216 g/mol. The van der Waals surface area contributed by atoms with E-state index in [1.165, 1.54) is 11.1 Å². The Morgan fingerprint density at radius 2 is 2.25 bits per heavy atom. The molecule has 1 aromatic carbocycles. The monoisotopic (exact) mass is 230 g/mol. The smallest absolute Gasteiger partial charge is 0.137 e. The first-order valence-electron chi connectivity index (χ1n) is 5.13. The summed E-state index contributed by atoms with van der Waals surface area (Å²) in [6.07, 6.45) is 3.62. The van der Waals surface area contributed by atoms with Crippen LogP contribution < -0.4 is 0 Å². The fraction of sp³-hybridized carbons (Fsp3) is 0.154. The molecule has 0 fully saturated rings. The van der Waals surface area contributed by atoms with Gasteiger partial charge in [-0.15, -0.1) is 11.8 Å². The Bertz CT molecular complexity index is 474. The summed E-state index contributed by atoms with van der Waals surface area (Å²) in [4.78, 5) is 8.56. The Balaban J connectivity index is 2.27. The highest BCUT2D eigenvalue weighted by Crippen LogP contribution is 2.26. The van der Waals surface area contributed by atoms with E-state index in [-0.39, 0.29) is 0 Å². The number of thioether (sulfide) groups is 1. The van der Waals surface area contributed by atoms with Gasteiger partial charge in [0.1, 0.15) is 5.82 Å². The third kappa shape index (κ3) is 2.55. The molecule has 0 saturated carbocycles. The molecule has 0 aliphatic heterocycles. The average Bonchev–Trinajstić information content (AvgIpc) is 2.80. The Kier molecular flexibility index (Phi) is 3.47. The number of aromatic nitrogens is 2. The second kappa shape index (κ2) is 5.03. The molecule has 2 aromatic rings. The molecular formula is C13H14N2S. The fourth-order valence-electron chi connectivity index (χ4n) is 1.49. The zero-order valence-electron chi connectivity index (χ0n) is 9.23. The molecule has 1 aromatic heterocycles. The molecule has 3 heteroatoms. The molecule has 0 unspecified atom stereocenters. The van der Waals surface area contributed by atoms with Crippen molar-refractivity contribution in [2.75, 3.05) is 0 Å². The summed E-state index contributed by atoms with van der Waals surface area (Å²) in [5, 5.41) is 0. The molecule has 0 saturated heterocycles. The highest BCUT2D eigenvalue weighted by atomic mass is 32.2. The molecule has 16 heavy (non-hydrogen) atoms. The first kappa shape index (κ1) is 11.0. The number of H-pyrrole nitrogens is 1. The third-order valence-corrected chi connectivity index (χ3v) is 3.19. The van der Waals surface area contributed by atoms with Crippen LogP contribution in [0.2, 0.25) is 0 Å². The van der Waals surface area contributed by atoms with E-state index < -0.39 is 0 Å². The molecule has 1 N–H and O–H groups in total. The predicted molar refractivity (Wildman–Crippen MR) is 70.1 cm³/mol. The Labute approximate surface area is 99.8 Å². The van der Waals surface area contributed by atoms with Gasteiger partial charge in [0.25, 0.3) is 0 Å². The maximum absolute atomic E-state index is 4.29. The lowest BCUT2D eigenvalue weighted by Gasteiger charge is -2.06. The van der Waals surface area contributed by atoms with Gasteiger partial charge in [0, 0.05) is 23.7 Å². The SMILES string of the molecule is C=C(C)SCc1ccccc1-c1ncc[nH]1. The predicted octanol–water partition coefficient (Wildman–Crippen LogP) is 3.84. The zero-order valence-corrected chi connectivity index (χ0v) is 10.1. The van der Waals surface area contributed by atoms with Crippen molar-refractivity contribution >= 4 is 11.8 Å². The minimum Gasteiger partial charge on any atom is -0.345 e. The van der Waals surface area contributed by atoms with Gasteiger partial charge in [-0.3, -0.25) is 0 Å².